The lowest BCUT2D eigenvalue weighted by molar-refractivity contribution is 0.0600. The Bertz CT molecular complexity index is 921. The van der Waals surface area contributed by atoms with Crippen LogP contribution in [0.15, 0.2) is 72.3 Å². The predicted molar refractivity (Wildman–Crippen MR) is 102 cm³/mol. The molecule has 0 heterocycles. The number of hydrogen-bond acceptors (Lipinski definition) is 4. The summed E-state index contributed by atoms with van der Waals surface area (Å²) in [6, 6.07) is 20.9. The van der Waals surface area contributed by atoms with E-state index in [2.05, 4.69) is 4.74 Å². The molecule has 0 aliphatic carbocycles. The Hall–Kier alpha value is -3.11. The van der Waals surface area contributed by atoms with Crippen LogP contribution in [0.25, 0.3) is 16.8 Å². The second-order valence-electron chi connectivity index (χ2n) is 5.84. The molecule has 0 radical (unpaired) electrons. The number of aliphatic hydroxyl groups excluding tert-OH is 1. The van der Waals surface area contributed by atoms with E-state index in [9.17, 15) is 9.90 Å². The van der Waals surface area contributed by atoms with Crippen LogP contribution in [-0.4, -0.2) is 31.4 Å². The first kappa shape index (κ1) is 17.7. The summed E-state index contributed by atoms with van der Waals surface area (Å²) >= 11 is 0. The Kier molecular flexibility index (Phi) is 5.66. The first-order valence-corrected chi connectivity index (χ1v) is 8.30. The molecule has 132 valence electrons. The Labute approximate surface area is 152 Å². The third-order valence-electron chi connectivity index (χ3n) is 4.07. The summed E-state index contributed by atoms with van der Waals surface area (Å²) in [6.45, 7) is 0.173. The van der Waals surface area contributed by atoms with Crippen LogP contribution < -0.4 is 4.74 Å². The van der Waals surface area contributed by atoms with Crippen molar-refractivity contribution in [1.29, 1.82) is 0 Å². The van der Waals surface area contributed by atoms with Gasteiger partial charge in [0.05, 0.1) is 19.3 Å². The van der Waals surface area contributed by atoms with Crippen LogP contribution in [0.1, 0.15) is 15.9 Å². The molecule has 4 nitrogen and oxygen atoms in total. The highest BCUT2D eigenvalue weighted by atomic mass is 16.5. The smallest absolute Gasteiger partial charge is 0.337 e. The van der Waals surface area contributed by atoms with Gasteiger partial charge in [-0.25, -0.2) is 4.79 Å². The third kappa shape index (κ3) is 4.10. The molecule has 0 fully saturated rings. The summed E-state index contributed by atoms with van der Waals surface area (Å²) < 4.78 is 10.6. The van der Waals surface area contributed by atoms with Crippen LogP contribution >= 0.6 is 0 Å². The Morgan fingerprint density at radius 3 is 2.46 bits per heavy atom. The fourth-order valence-electron chi connectivity index (χ4n) is 2.69. The molecule has 3 rings (SSSR count). The molecule has 0 atom stereocenters. The molecule has 0 saturated heterocycles. The van der Waals surface area contributed by atoms with Crippen molar-refractivity contribution in [3.63, 3.8) is 0 Å². The maximum atomic E-state index is 11.5. The molecule has 26 heavy (non-hydrogen) atoms. The van der Waals surface area contributed by atoms with E-state index in [0.717, 1.165) is 27.7 Å². The highest BCUT2D eigenvalue weighted by Crippen LogP contribution is 2.25. The zero-order chi connectivity index (χ0) is 18.4. The number of benzene rings is 3. The van der Waals surface area contributed by atoms with E-state index >= 15 is 0 Å². The molecular weight excluding hydrogens is 328 g/mol. The van der Waals surface area contributed by atoms with Crippen molar-refractivity contribution in [2.75, 3.05) is 20.3 Å². The summed E-state index contributed by atoms with van der Waals surface area (Å²) in [5, 5.41) is 11.8. The first-order chi connectivity index (χ1) is 12.7. The summed E-state index contributed by atoms with van der Waals surface area (Å²) in [7, 11) is 1.35. The summed E-state index contributed by atoms with van der Waals surface area (Å²) in [5.74, 6) is 0.408. The fraction of sp³-hybridized carbons (Fsp3) is 0.136. The molecule has 1 N–H and O–H groups in total. The second-order valence-corrected chi connectivity index (χ2v) is 5.84. The van der Waals surface area contributed by atoms with Crippen molar-refractivity contribution >= 4 is 22.8 Å². The van der Waals surface area contributed by atoms with Gasteiger partial charge in [0, 0.05) is 5.39 Å². The summed E-state index contributed by atoms with van der Waals surface area (Å²) in [4.78, 5) is 11.5. The number of aliphatic hydroxyl groups is 1. The molecule has 0 unspecified atom stereocenters. The number of carbonyl (C=O) groups is 1. The van der Waals surface area contributed by atoms with Crippen molar-refractivity contribution in [1.82, 2.24) is 0 Å². The largest absolute Gasteiger partial charge is 0.489 e. The lowest BCUT2D eigenvalue weighted by Gasteiger charge is -2.11. The molecular formula is C22H20O4. The quantitative estimate of drug-likeness (QED) is 0.682. The number of hydrogen-bond donors (Lipinski definition) is 1. The molecule has 0 bridgehead atoms. The molecule has 0 amide bonds. The minimum absolute atomic E-state index is 0.108. The van der Waals surface area contributed by atoms with Crippen LogP contribution in [0.2, 0.25) is 0 Å². The van der Waals surface area contributed by atoms with E-state index in [0.29, 0.717) is 5.56 Å². The molecule has 0 aliphatic rings. The van der Waals surface area contributed by atoms with Crippen molar-refractivity contribution in [2.45, 2.75) is 0 Å². The predicted octanol–water partition coefficient (Wildman–Crippen LogP) is 4.08. The topological polar surface area (TPSA) is 55.8 Å². The van der Waals surface area contributed by atoms with Crippen LogP contribution in [0.4, 0.5) is 0 Å². The summed E-state index contributed by atoms with van der Waals surface area (Å²) in [5.41, 5.74) is 2.11. The molecule has 0 saturated carbocycles. The van der Waals surface area contributed by atoms with E-state index in [4.69, 9.17) is 4.74 Å². The van der Waals surface area contributed by atoms with Crippen molar-refractivity contribution in [3.8, 4) is 5.75 Å². The van der Waals surface area contributed by atoms with Crippen LogP contribution in [-0.2, 0) is 4.74 Å². The van der Waals surface area contributed by atoms with Gasteiger partial charge in [-0.2, -0.15) is 0 Å². The number of ether oxygens (including phenoxy) is 2. The third-order valence-corrected chi connectivity index (χ3v) is 4.07. The highest BCUT2D eigenvalue weighted by Gasteiger charge is 2.06. The normalized spacial score (nSPS) is 11.4. The SMILES string of the molecule is COC(=O)c1ccc(/C=C(\CO)COc2cccc3ccccc23)cc1. The molecule has 0 aliphatic heterocycles. The van der Waals surface area contributed by atoms with Gasteiger partial charge in [-0.3, -0.25) is 0 Å². The number of carbonyl (C=O) groups excluding carboxylic acids is 1. The van der Waals surface area contributed by atoms with E-state index in [1.165, 1.54) is 7.11 Å². The lowest BCUT2D eigenvalue weighted by atomic mass is 10.1. The average molecular weight is 348 g/mol. The van der Waals surface area contributed by atoms with Crippen molar-refractivity contribution < 1.29 is 19.4 Å². The fourth-order valence-corrected chi connectivity index (χ4v) is 2.69. The minimum Gasteiger partial charge on any atom is -0.489 e. The van der Waals surface area contributed by atoms with E-state index in [1.807, 2.05) is 48.5 Å². The van der Waals surface area contributed by atoms with E-state index in [-0.39, 0.29) is 19.2 Å². The van der Waals surface area contributed by atoms with Crippen molar-refractivity contribution in [3.05, 3.63) is 83.4 Å². The van der Waals surface area contributed by atoms with E-state index in [1.54, 1.807) is 24.3 Å². The minimum atomic E-state index is -0.373. The molecule has 0 spiro atoms. The van der Waals surface area contributed by atoms with Gasteiger partial charge in [0.15, 0.2) is 0 Å². The zero-order valence-corrected chi connectivity index (χ0v) is 14.5. The summed E-state index contributed by atoms with van der Waals surface area (Å²) in [6.07, 6.45) is 1.85. The molecule has 4 heteroatoms. The number of fused-ring (bicyclic) bond motifs is 1. The van der Waals surface area contributed by atoms with Gasteiger partial charge >= 0.3 is 5.97 Å². The van der Waals surface area contributed by atoms with Gasteiger partial charge in [-0.15, -0.1) is 0 Å². The van der Waals surface area contributed by atoms with Crippen LogP contribution in [0.5, 0.6) is 5.75 Å². The number of esters is 1. The van der Waals surface area contributed by atoms with Gasteiger partial charge in [0.2, 0.25) is 0 Å². The maximum absolute atomic E-state index is 11.5. The number of methoxy groups -OCH3 is 1. The molecule has 3 aromatic rings. The van der Waals surface area contributed by atoms with Gasteiger partial charge < -0.3 is 14.6 Å². The monoisotopic (exact) mass is 348 g/mol. The Morgan fingerprint density at radius 2 is 1.73 bits per heavy atom. The first-order valence-electron chi connectivity index (χ1n) is 8.30. The van der Waals surface area contributed by atoms with Gasteiger partial charge in [-0.1, -0.05) is 54.6 Å². The maximum Gasteiger partial charge on any atom is 0.337 e. The average Bonchev–Trinajstić information content (AvgIpc) is 2.71. The van der Waals surface area contributed by atoms with Gasteiger partial charge in [0.1, 0.15) is 12.4 Å². The van der Waals surface area contributed by atoms with Crippen molar-refractivity contribution in [2.24, 2.45) is 0 Å². The van der Waals surface area contributed by atoms with E-state index < -0.39 is 0 Å². The Morgan fingerprint density at radius 1 is 1.00 bits per heavy atom. The van der Waals surface area contributed by atoms with Crippen LogP contribution in [0.3, 0.4) is 0 Å². The molecule has 0 aromatic heterocycles. The lowest BCUT2D eigenvalue weighted by Crippen LogP contribution is -2.05. The molecule has 3 aromatic carbocycles. The Balaban J connectivity index is 1.74. The highest BCUT2D eigenvalue weighted by molar-refractivity contribution is 5.89. The van der Waals surface area contributed by atoms with Gasteiger partial charge in [0.25, 0.3) is 0 Å². The van der Waals surface area contributed by atoms with Crippen LogP contribution in [0, 0.1) is 0 Å². The number of rotatable bonds is 6. The standard InChI is InChI=1S/C22H20O4/c1-25-22(24)19-11-9-16(10-12-19)13-17(14-23)15-26-21-8-4-6-18-5-2-3-7-20(18)21/h2-13,23H,14-15H2,1H3/b17-13+. The second kappa shape index (κ2) is 8.32. The zero-order valence-electron chi connectivity index (χ0n) is 14.5. The van der Waals surface area contributed by atoms with Gasteiger partial charge in [-0.05, 0) is 34.7 Å².